The Kier molecular flexibility index (Phi) is 4.05. The Labute approximate surface area is 104 Å². The molecule has 4 heteroatoms. The van der Waals surface area contributed by atoms with Crippen molar-refractivity contribution in [3.8, 4) is 0 Å². The number of likely N-dealkylation sites (N-methyl/N-ethyl adjacent to an activating group) is 1. The lowest BCUT2D eigenvalue weighted by Crippen LogP contribution is -2.54. The van der Waals surface area contributed by atoms with Crippen LogP contribution in [0.4, 0.5) is 0 Å². The fraction of sp³-hybridized carbons (Fsp3) is 0.923. The van der Waals surface area contributed by atoms with Crippen molar-refractivity contribution >= 4 is 5.97 Å². The Hall–Kier alpha value is -0.610. The van der Waals surface area contributed by atoms with Crippen molar-refractivity contribution in [2.24, 2.45) is 0 Å². The average molecular weight is 241 g/mol. The fourth-order valence-corrected chi connectivity index (χ4v) is 3.45. The lowest BCUT2D eigenvalue weighted by Gasteiger charge is -2.41. The number of hydrogen-bond acceptors (Lipinski definition) is 2. The number of carboxylic acids is 1. The summed E-state index contributed by atoms with van der Waals surface area (Å²) in [6, 6.07) is 0.495. The summed E-state index contributed by atoms with van der Waals surface area (Å²) in [4.78, 5) is 13.0. The average Bonchev–Trinajstić information content (AvgIpc) is 2.65. The van der Waals surface area contributed by atoms with Crippen molar-refractivity contribution in [1.29, 1.82) is 0 Å². The zero-order valence-corrected chi connectivity index (χ0v) is 10.9. The van der Waals surface area contributed by atoms with E-state index < -0.39 is 5.97 Å². The van der Waals surface area contributed by atoms with Crippen LogP contribution in [0, 0.1) is 0 Å². The first kappa shape index (κ1) is 12.8. The second-order valence-electron chi connectivity index (χ2n) is 5.97. The monoisotopic (exact) mass is 241 g/mol. The zero-order chi connectivity index (χ0) is 12.3. The molecule has 0 bridgehead atoms. The van der Waals surface area contributed by atoms with E-state index in [0.29, 0.717) is 6.04 Å². The Morgan fingerprint density at radius 2 is 2.00 bits per heavy atom. The van der Waals surface area contributed by atoms with Gasteiger partial charge in [-0.15, -0.1) is 0 Å². The number of likely N-dealkylation sites (tertiary alicyclic amines) is 2. The molecule has 2 aliphatic rings. The molecule has 0 radical (unpaired) electrons. The van der Waals surface area contributed by atoms with Gasteiger partial charge in [0.1, 0.15) is 0 Å². The van der Waals surface area contributed by atoms with Crippen LogP contribution in [0.2, 0.25) is 0 Å². The van der Waals surface area contributed by atoms with E-state index in [0.717, 1.165) is 24.0 Å². The molecule has 0 aromatic carbocycles. The molecule has 4 nitrogen and oxygen atoms in total. The van der Waals surface area contributed by atoms with Crippen molar-refractivity contribution in [3.63, 3.8) is 0 Å². The van der Waals surface area contributed by atoms with E-state index in [1.54, 1.807) is 0 Å². The minimum Gasteiger partial charge on any atom is -0.480 e. The predicted molar refractivity (Wildman–Crippen MR) is 66.9 cm³/mol. The quantitative estimate of drug-likeness (QED) is 0.751. The molecule has 0 spiro atoms. The van der Waals surface area contributed by atoms with E-state index in [-0.39, 0.29) is 6.54 Å². The highest BCUT2D eigenvalue weighted by atomic mass is 16.4. The molecule has 2 heterocycles. The molecular formula is C13H25N2O2+. The lowest BCUT2D eigenvalue weighted by molar-refractivity contribution is -0.915. The zero-order valence-electron chi connectivity index (χ0n) is 10.9. The normalized spacial score (nSPS) is 29.4. The summed E-state index contributed by atoms with van der Waals surface area (Å²) in [5.41, 5.74) is 0. The second-order valence-corrected chi connectivity index (χ2v) is 5.97. The van der Waals surface area contributed by atoms with Crippen molar-refractivity contribution in [3.05, 3.63) is 0 Å². The van der Waals surface area contributed by atoms with Crippen LogP contribution in [0.15, 0.2) is 0 Å². The van der Waals surface area contributed by atoms with Gasteiger partial charge in [-0.05, 0) is 38.6 Å². The molecule has 2 rings (SSSR count). The Morgan fingerprint density at radius 1 is 1.29 bits per heavy atom. The van der Waals surface area contributed by atoms with Crippen LogP contribution in [0.3, 0.4) is 0 Å². The van der Waals surface area contributed by atoms with Crippen LogP contribution in [0.1, 0.15) is 32.1 Å². The standard InChI is InChI=1S/C13H24N2O2/c1-15(8-3-2-4-9-15)11-12-6-5-7-14(12)10-13(16)17/h12H,2-11H2,1H3/p+1. The summed E-state index contributed by atoms with van der Waals surface area (Å²) in [7, 11) is 2.34. The van der Waals surface area contributed by atoms with E-state index in [1.165, 1.54) is 38.8 Å². The molecule has 17 heavy (non-hydrogen) atoms. The smallest absolute Gasteiger partial charge is 0.317 e. The van der Waals surface area contributed by atoms with Crippen LogP contribution < -0.4 is 0 Å². The third-order valence-corrected chi connectivity index (χ3v) is 4.38. The maximum atomic E-state index is 10.8. The molecule has 0 aliphatic carbocycles. The maximum Gasteiger partial charge on any atom is 0.317 e. The molecule has 0 aromatic rings. The van der Waals surface area contributed by atoms with Crippen LogP contribution in [-0.2, 0) is 4.79 Å². The van der Waals surface area contributed by atoms with Crippen LogP contribution in [0.5, 0.6) is 0 Å². The number of quaternary nitrogens is 1. The third kappa shape index (κ3) is 3.42. The molecule has 98 valence electrons. The maximum absolute atomic E-state index is 10.8. The van der Waals surface area contributed by atoms with Crippen LogP contribution in [0.25, 0.3) is 0 Å². The van der Waals surface area contributed by atoms with Gasteiger partial charge in [0, 0.05) is 0 Å². The van der Waals surface area contributed by atoms with E-state index in [9.17, 15) is 4.79 Å². The van der Waals surface area contributed by atoms with E-state index in [1.807, 2.05) is 0 Å². The number of carboxylic acid groups (broad SMARTS) is 1. The molecule has 2 aliphatic heterocycles. The number of aliphatic carboxylic acids is 1. The van der Waals surface area contributed by atoms with E-state index >= 15 is 0 Å². The molecule has 1 atom stereocenters. The molecule has 2 fully saturated rings. The van der Waals surface area contributed by atoms with Gasteiger partial charge in [-0.1, -0.05) is 0 Å². The van der Waals surface area contributed by atoms with Gasteiger partial charge in [-0.3, -0.25) is 9.69 Å². The first-order valence-corrected chi connectivity index (χ1v) is 6.88. The lowest BCUT2D eigenvalue weighted by atomic mass is 10.1. The summed E-state index contributed by atoms with van der Waals surface area (Å²) in [6.07, 6.45) is 6.39. The van der Waals surface area contributed by atoms with Gasteiger partial charge in [0.25, 0.3) is 0 Å². The highest BCUT2D eigenvalue weighted by Gasteiger charge is 2.34. The van der Waals surface area contributed by atoms with E-state index in [4.69, 9.17) is 5.11 Å². The highest BCUT2D eigenvalue weighted by Crippen LogP contribution is 2.23. The Bertz CT molecular complexity index is 275. The SMILES string of the molecule is C[N+]1(CC2CCCN2CC(=O)O)CCCCC1. The Morgan fingerprint density at radius 3 is 2.65 bits per heavy atom. The Balaban J connectivity index is 1.90. The summed E-state index contributed by atoms with van der Waals surface area (Å²) in [5.74, 6) is -0.682. The van der Waals surface area contributed by atoms with Crippen LogP contribution >= 0.6 is 0 Å². The highest BCUT2D eigenvalue weighted by molar-refractivity contribution is 5.69. The fourth-order valence-electron chi connectivity index (χ4n) is 3.45. The molecule has 2 saturated heterocycles. The summed E-state index contributed by atoms with van der Waals surface area (Å²) < 4.78 is 1.15. The van der Waals surface area contributed by atoms with Crippen molar-refractivity contribution in [1.82, 2.24) is 4.90 Å². The largest absolute Gasteiger partial charge is 0.480 e. The molecule has 1 N–H and O–H groups in total. The molecular weight excluding hydrogens is 216 g/mol. The second kappa shape index (κ2) is 5.36. The van der Waals surface area contributed by atoms with Crippen molar-refractivity contribution in [2.45, 2.75) is 38.1 Å². The summed E-state index contributed by atoms with van der Waals surface area (Å²) in [6.45, 7) is 4.89. The van der Waals surface area contributed by atoms with Gasteiger partial charge in [0.2, 0.25) is 0 Å². The first-order valence-electron chi connectivity index (χ1n) is 6.88. The van der Waals surface area contributed by atoms with Crippen LogP contribution in [-0.4, -0.2) is 66.3 Å². The first-order chi connectivity index (χ1) is 8.09. The summed E-state index contributed by atoms with van der Waals surface area (Å²) in [5, 5.41) is 8.91. The molecule has 0 aromatic heterocycles. The molecule has 0 saturated carbocycles. The number of nitrogens with zero attached hydrogens (tertiary/aromatic N) is 2. The number of carbonyl (C=O) groups is 1. The van der Waals surface area contributed by atoms with Gasteiger partial charge in [-0.2, -0.15) is 0 Å². The van der Waals surface area contributed by atoms with Gasteiger partial charge >= 0.3 is 5.97 Å². The topological polar surface area (TPSA) is 40.5 Å². The van der Waals surface area contributed by atoms with Gasteiger partial charge in [0.15, 0.2) is 0 Å². The van der Waals surface area contributed by atoms with Gasteiger partial charge in [-0.25, -0.2) is 0 Å². The third-order valence-electron chi connectivity index (χ3n) is 4.38. The predicted octanol–water partition coefficient (Wildman–Crippen LogP) is 1.17. The van der Waals surface area contributed by atoms with Crippen molar-refractivity contribution < 1.29 is 14.4 Å². The van der Waals surface area contributed by atoms with Gasteiger partial charge < -0.3 is 9.59 Å². The molecule has 1 unspecified atom stereocenters. The van der Waals surface area contributed by atoms with Gasteiger partial charge in [0.05, 0.1) is 39.3 Å². The number of hydrogen-bond donors (Lipinski definition) is 1. The summed E-state index contributed by atoms with van der Waals surface area (Å²) >= 11 is 0. The van der Waals surface area contributed by atoms with E-state index in [2.05, 4.69) is 11.9 Å². The minimum absolute atomic E-state index is 0.227. The number of rotatable bonds is 4. The number of piperidine rings is 1. The van der Waals surface area contributed by atoms with Crippen molar-refractivity contribution in [2.75, 3.05) is 39.8 Å². The molecule has 0 amide bonds. The minimum atomic E-state index is -0.682.